The van der Waals surface area contributed by atoms with Gasteiger partial charge < -0.3 is 19.7 Å². The van der Waals surface area contributed by atoms with Crippen LogP contribution in [0, 0.1) is 5.82 Å². The van der Waals surface area contributed by atoms with Gasteiger partial charge in [-0.3, -0.25) is 0 Å². The maximum Gasteiger partial charge on any atom is 0.227 e. The van der Waals surface area contributed by atoms with Crippen LogP contribution in [0.1, 0.15) is 6.92 Å². The fourth-order valence-electron chi connectivity index (χ4n) is 3.26. The lowest BCUT2D eigenvalue weighted by molar-refractivity contribution is 0.122. The zero-order valence-corrected chi connectivity index (χ0v) is 15.9. The van der Waals surface area contributed by atoms with Crippen LogP contribution in [0.3, 0.4) is 0 Å². The maximum atomic E-state index is 13.3. The first kappa shape index (κ1) is 18.6. The molecule has 0 spiro atoms. The lowest BCUT2D eigenvalue weighted by atomic mass is 10.3. The molecule has 3 heterocycles. The number of rotatable bonds is 6. The number of morpholine rings is 1. The molecule has 0 aliphatic carbocycles. The van der Waals surface area contributed by atoms with Crippen LogP contribution >= 0.6 is 0 Å². The Balaban J connectivity index is 1.80. The highest BCUT2D eigenvalue weighted by Gasteiger charge is 2.21. The molecule has 1 aromatic carbocycles. The van der Waals surface area contributed by atoms with Crippen LogP contribution in [0.2, 0.25) is 0 Å². The molecule has 0 amide bonds. The Hall–Kier alpha value is -2.78. The van der Waals surface area contributed by atoms with Crippen LogP contribution in [0.15, 0.2) is 30.5 Å². The van der Waals surface area contributed by atoms with E-state index in [0.29, 0.717) is 31.4 Å². The Morgan fingerprint density at radius 2 is 1.96 bits per heavy atom. The van der Waals surface area contributed by atoms with Crippen molar-refractivity contribution in [2.75, 3.05) is 50.2 Å². The van der Waals surface area contributed by atoms with Gasteiger partial charge in [-0.05, 0) is 31.2 Å². The third-order valence-corrected chi connectivity index (χ3v) is 4.58. The van der Waals surface area contributed by atoms with Gasteiger partial charge in [-0.2, -0.15) is 15.1 Å². The van der Waals surface area contributed by atoms with Crippen LogP contribution in [0.4, 0.5) is 16.2 Å². The van der Waals surface area contributed by atoms with E-state index >= 15 is 0 Å². The van der Waals surface area contributed by atoms with Crippen molar-refractivity contribution >= 4 is 22.8 Å². The predicted octanol–water partition coefficient (Wildman–Crippen LogP) is 2.24. The minimum atomic E-state index is -0.292. The first-order chi connectivity index (χ1) is 13.7. The van der Waals surface area contributed by atoms with E-state index in [1.54, 1.807) is 30.1 Å². The van der Waals surface area contributed by atoms with E-state index in [1.165, 1.54) is 12.1 Å². The Morgan fingerprint density at radius 1 is 1.21 bits per heavy atom. The van der Waals surface area contributed by atoms with Crippen molar-refractivity contribution in [3.63, 3.8) is 0 Å². The zero-order valence-electron chi connectivity index (χ0n) is 15.9. The third kappa shape index (κ3) is 3.76. The van der Waals surface area contributed by atoms with Gasteiger partial charge in [-0.15, -0.1) is 0 Å². The van der Waals surface area contributed by atoms with Crippen molar-refractivity contribution in [2.45, 2.75) is 13.0 Å². The number of nitrogens with one attached hydrogen (secondary N) is 1. The van der Waals surface area contributed by atoms with Crippen molar-refractivity contribution in [3.8, 4) is 5.69 Å². The minimum absolute atomic E-state index is 0.0437. The summed E-state index contributed by atoms with van der Waals surface area (Å²) in [6.45, 7) is 5.34. The van der Waals surface area contributed by atoms with Crippen molar-refractivity contribution in [1.29, 1.82) is 0 Å². The average molecular weight is 386 g/mol. The highest BCUT2D eigenvalue weighted by atomic mass is 19.1. The van der Waals surface area contributed by atoms with Crippen LogP contribution < -0.4 is 10.2 Å². The molecule has 28 heavy (non-hydrogen) atoms. The maximum absolute atomic E-state index is 13.3. The number of ether oxygens (including phenoxy) is 2. The number of hydrogen-bond acceptors (Lipinski definition) is 7. The van der Waals surface area contributed by atoms with Gasteiger partial charge in [-0.25, -0.2) is 9.07 Å². The molecule has 0 saturated carbocycles. The fraction of sp³-hybridized carbons (Fsp3) is 0.421. The smallest absolute Gasteiger partial charge is 0.227 e. The number of hydrogen-bond donors (Lipinski definition) is 1. The van der Waals surface area contributed by atoms with Gasteiger partial charge in [-0.1, -0.05) is 0 Å². The highest BCUT2D eigenvalue weighted by molar-refractivity contribution is 5.89. The molecule has 0 radical (unpaired) electrons. The van der Waals surface area contributed by atoms with Gasteiger partial charge in [0.1, 0.15) is 11.6 Å². The second-order valence-corrected chi connectivity index (χ2v) is 6.74. The summed E-state index contributed by atoms with van der Waals surface area (Å²) < 4.78 is 25.7. The summed E-state index contributed by atoms with van der Waals surface area (Å²) in [5.41, 5.74) is 1.40. The van der Waals surface area contributed by atoms with E-state index in [2.05, 4.69) is 20.3 Å². The molecule has 1 atom stereocenters. The largest absolute Gasteiger partial charge is 0.383 e. The number of benzene rings is 1. The first-order valence-electron chi connectivity index (χ1n) is 9.25. The Bertz CT molecular complexity index is 939. The number of aromatic nitrogens is 4. The predicted molar refractivity (Wildman–Crippen MR) is 105 cm³/mol. The Morgan fingerprint density at radius 3 is 2.68 bits per heavy atom. The zero-order chi connectivity index (χ0) is 19.5. The molecule has 148 valence electrons. The van der Waals surface area contributed by atoms with Crippen LogP contribution in [0.25, 0.3) is 16.7 Å². The van der Waals surface area contributed by atoms with Gasteiger partial charge in [0.15, 0.2) is 5.65 Å². The summed E-state index contributed by atoms with van der Waals surface area (Å²) in [7, 11) is 1.66. The quantitative estimate of drug-likeness (QED) is 0.696. The van der Waals surface area contributed by atoms with Gasteiger partial charge in [0.05, 0.1) is 37.1 Å². The molecule has 3 aromatic rings. The van der Waals surface area contributed by atoms with E-state index in [-0.39, 0.29) is 11.9 Å². The van der Waals surface area contributed by atoms with Crippen LogP contribution in [0.5, 0.6) is 0 Å². The first-order valence-corrected chi connectivity index (χ1v) is 9.25. The molecule has 8 nitrogen and oxygen atoms in total. The van der Waals surface area contributed by atoms with E-state index in [4.69, 9.17) is 14.5 Å². The molecule has 1 N–H and O–H groups in total. The molecule has 1 fully saturated rings. The second kappa shape index (κ2) is 8.07. The van der Waals surface area contributed by atoms with Crippen molar-refractivity contribution in [3.05, 3.63) is 36.3 Å². The van der Waals surface area contributed by atoms with Gasteiger partial charge in [0.25, 0.3) is 0 Å². The summed E-state index contributed by atoms with van der Waals surface area (Å²) in [6.07, 6.45) is 1.76. The van der Waals surface area contributed by atoms with E-state index in [0.717, 1.165) is 30.0 Å². The van der Waals surface area contributed by atoms with E-state index in [9.17, 15) is 4.39 Å². The second-order valence-electron chi connectivity index (χ2n) is 6.74. The molecular formula is C19H23FN6O2. The number of methoxy groups -OCH3 is 1. The molecule has 1 aliphatic heterocycles. The number of anilines is 2. The summed E-state index contributed by atoms with van der Waals surface area (Å²) in [5.74, 6) is 1.02. The minimum Gasteiger partial charge on any atom is -0.383 e. The lowest BCUT2D eigenvalue weighted by Crippen LogP contribution is -2.37. The van der Waals surface area contributed by atoms with Crippen molar-refractivity contribution < 1.29 is 13.9 Å². The molecule has 9 heteroatoms. The fourth-order valence-corrected chi connectivity index (χ4v) is 3.26. The number of nitrogens with zero attached hydrogens (tertiary/aromatic N) is 5. The summed E-state index contributed by atoms with van der Waals surface area (Å²) in [4.78, 5) is 11.6. The van der Waals surface area contributed by atoms with Gasteiger partial charge in [0, 0.05) is 26.2 Å². The molecule has 0 bridgehead atoms. The average Bonchev–Trinajstić information content (AvgIpc) is 3.13. The van der Waals surface area contributed by atoms with Gasteiger partial charge >= 0.3 is 0 Å². The van der Waals surface area contributed by atoms with Crippen LogP contribution in [-0.4, -0.2) is 65.8 Å². The molecule has 1 aliphatic rings. The molecule has 1 saturated heterocycles. The van der Waals surface area contributed by atoms with Crippen LogP contribution in [-0.2, 0) is 9.47 Å². The molecule has 2 aromatic heterocycles. The third-order valence-electron chi connectivity index (χ3n) is 4.58. The Kier molecular flexibility index (Phi) is 5.36. The summed E-state index contributed by atoms with van der Waals surface area (Å²) >= 11 is 0. The lowest BCUT2D eigenvalue weighted by Gasteiger charge is -2.28. The summed E-state index contributed by atoms with van der Waals surface area (Å²) in [6, 6.07) is 6.22. The van der Waals surface area contributed by atoms with E-state index < -0.39 is 0 Å². The summed E-state index contributed by atoms with van der Waals surface area (Å²) in [5, 5.41) is 8.62. The van der Waals surface area contributed by atoms with E-state index in [1.807, 2.05) is 6.92 Å². The highest BCUT2D eigenvalue weighted by Crippen LogP contribution is 2.28. The number of halogens is 1. The molecule has 0 unspecified atom stereocenters. The monoisotopic (exact) mass is 386 g/mol. The Labute approximate surface area is 162 Å². The molecule has 4 rings (SSSR count). The molecular weight excluding hydrogens is 363 g/mol. The SMILES string of the molecule is COC[C@@H](C)Nc1nc(N2CCOCC2)c2cnn(-c3ccc(F)cc3)c2n1. The van der Waals surface area contributed by atoms with Crippen molar-refractivity contribution in [2.24, 2.45) is 0 Å². The standard InChI is InChI=1S/C19H23FN6O2/c1-13(12-27-2)22-19-23-17(25-7-9-28-10-8-25)16-11-21-26(18(16)24-19)15-5-3-14(20)4-6-15/h3-6,11,13H,7-10,12H2,1-2H3,(H,22,23,24)/t13-/m1/s1. The number of fused-ring (bicyclic) bond motifs is 1. The van der Waals surface area contributed by atoms with Gasteiger partial charge in [0.2, 0.25) is 5.95 Å². The topological polar surface area (TPSA) is 77.3 Å². The normalized spacial score (nSPS) is 15.8. The van der Waals surface area contributed by atoms with Crippen molar-refractivity contribution in [1.82, 2.24) is 19.7 Å².